The monoisotopic (exact) mass is 236 g/mol. The lowest BCUT2D eigenvalue weighted by Gasteiger charge is -2.29. The number of hydrogen-bond donors (Lipinski definition) is 1. The van der Waals surface area contributed by atoms with Gasteiger partial charge in [0.05, 0.1) is 0 Å². The highest BCUT2D eigenvalue weighted by Crippen LogP contribution is 2.32. The SMILES string of the molecule is CCC1CCCN1c1ccc(F)cc1[C@@H](C)N. The van der Waals surface area contributed by atoms with Crippen LogP contribution in [0.4, 0.5) is 10.1 Å². The van der Waals surface area contributed by atoms with Gasteiger partial charge in [0.25, 0.3) is 0 Å². The lowest BCUT2D eigenvalue weighted by Crippen LogP contribution is -2.30. The molecule has 2 atom stereocenters. The summed E-state index contributed by atoms with van der Waals surface area (Å²) in [6.07, 6.45) is 3.58. The Hall–Kier alpha value is -1.09. The molecule has 1 aliphatic heterocycles. The summed E-state index contributed by atoms with van der Waals surface area (Å²) in [6.45, 7) is 5.18. The van der Waals surface area contributed by atoms with Crippen LogP contribution in [0.25, 0.3) is 0 Å². The maximum Gasteiger partial charge on any atom is 0.123 e. The molecule has 1 aliphatic rings. The molecular formula is C14H21FN2. The molecule has 1 aromatic carbocycles. The van der Waals surface area contributed by atoms with Crippen LogP contribution in [0.5, 0.6) is 0 Å². The average Bonchev–Trinajstić information content (AvgIpc) is 2.76. The van der Waals surface area contributed by atoms with Crippen molar-refractivity contribution in [2.75, 3.05) is 11.4 Å². The predicted molar refractivity (Wildman–Crippen MR) is 69.7 cm³/mol. The third kappa shape index (κ3) is 2.44. The van der Waals surface area contributed by atoms with Gasteiger partial charge in [-0.2, -0.15) is 0 Å². The summed E-state index contributed by atoms with van der Waals surface area (Å²) in [7, 11) is 0. The summed E-state index contributed by atoms with van der Waals surface area (Å²) in [5, 5.41) is 0. The van der Waals surface area contributed by atoms with Crippen molar-refractivity contribution in [3.63, 3.8) is 0 Å². The molecule has 3 heteroatoms. The molecule has 0 bridgehead atoms. The van der Waals surface area contributed by atoms with Gasteiger partial charge in [0.2, 0.25) is 0 Å². The van der Waals surface area contributed by atoms with Crippen molar-refractivity contribution in [3.8, 4) is 0 Å². The quantitative estimate of drug-likeness (QED) is 0.873. The van der Waals surface area contributed by atoms with E-state index in [9.17, 15) is 4.39 Å². The van der Waals surface area contributed by atoms with Crippen LogP contribution in [-0.4, -0.2) is 12.6 Å². The van der Waals surface area contributed by atoms with E-state index in [-0.39, 0.29) is 11.9 Å². The molecule has 0 saturated carbocycles. The van der Waals surface area contributed by atoms with Crippen LogP contribution >= 0.6 is 0 Å². The Morgan fingerprint density at radius 1 is 1.53 bits per heavy atom. The van der Waals surface area contributed by atoms with Gasteiger partial charge in [-0.05, 0) is 49.9 Å². The molecule has 94 valence electrons. The van der Waals surface area contributed by atoms with Gasteiger partial charge in [-0.15, -0.1) is 0 Å². The van der Waals surface area contributed by atoms with E-state index in [4.69, 9.17) is 5.73 Å². The lowest BCUT2D eigenvalue weighted by atomic mass is 10.0. The number of anilines is 1. The van der Waals surface area contributed by atoms with Crippen LogP contribution in [0.3, 0.4) is 0 Å². The fourth-order valence-electron chi connectivity index (χ4n) is 2.73. The van der Waals surface area contributed by atoms with Crippen LogP contribution in [0.2, 0.25) is 0 Å². The van der Waals surface area contributed by atoms with Crippen molar-refractivity contribution in [2.45, 2.75) is 45.2 Å². The molecular weight excluding hydrogens is 215 g/mol. The molecule has 1 unspecified atom stereocenters. The number of rotatable bonds is 3. The third-order valence-corrected chi connectivity index (χ3v) is 3.64. The molecule has 2 rings (SSSR count). The van der Waals surface area contributed by atoms with E-state index in [2.05, 4.69) is 11.8 Å². The largest absolute Gasteiger partial charge is 0.368 e. The molecule has 2 N–H and O–H groups in total. The highest BCUT2D eigenvalue weighted by molar-refractivity contribution is 5.56. The van der Waals surface area contributed by atoms with E-state index in [1.165, 1.54) is 18.9 Å². The zero-order valence-corrected chi connectivity index (χ0v) is 10.6. The van der Waals surface area contributed by atoms with Crippen molar-refractivity contribution < 1.29 is 4.39 Å². The lowest BCUT2D eigenvalue weighted by molar-refractivity contribution is 0.616. The molecule has 1 heterocycles. The van der Waals surface area contributed by atoms with Crippen LogP contribution in [0, 0.1) is 5.82 Å². The number of halogens is 1. The molecule has 0 spiro atoms. The van der Waals surface area contributed by atoms with Crippen LogP contribution in [-0.2, 0) is 0 Å². The number of benzene rings is 1. The average molecular weight is 236 g/mol. The Labute approximate surface area is 103 Å². The minimum atomic E-state index is -0.201. The van der Waals surface area contributed by atoms with Crippen molar-refractivity contribution in [3.05, 3.63) is 29.6 Å². The van der Waals surface area contributed by atoms with Gasteiger partial charge in [0, 0.05) is 24.3 Å². The van der Waals surface area contributed by atoms with Gasteiger partial charge in [0.15, 0.2) is 0 Å². The second-order valence-corrected chi connectivity index (χ2v) is 4.89. The summed E-state index contributed by atoms with van der Waals surface area (Å²) >= 11 is 0. The number of nitrogens with zero attached hydrogens (tertiary/aromatic N) is 1. The number of hydrogen-bond acceptors (Lipinski definition) is 2. The summed E-state index contributed by atoms with van der Waals surface area (Å²) in [6, 6.07) is 5.44. The van der Waals surface area contributed by atoms with E-state index in [0.29, 0.717) is 6.04 Å². The Morgan fingerprint density at radius 2 is 2.29 bits per heavy atom. The van der Waals surface area contributed by atoms with Crippen molar-refractivity contribution in [2.24, 2.45) is 5.73 Å². The summed E-state index contributed by atoms with van der Waals surface area (Å²) in [4.78, 5) is 2.39. The van der Waals surface area contributed by atoms with Crippen molar-refractivity contribution in [1.29, 1.82) is 0 Å². The zero-order chi connectivity index (χ0) is 12.4. The molecule has 0 amide bonds. The summed E-state index contributed by atoms with van der Waals surface area (Å²) < 4.78 is 13.3. The van der Waals surface area contributed by atoms with Crippen LogP contribution < -0.4 is 10.6 Å². The molecule has 0 aromatic heterocycles. The highest BCUT2D eigenvalue weighted by Gasteiger charge is 2.25. The van der Waals surface area contributed by atoms with Crippen molar-refractivity contribution >= 4 is 5.69 Å². The maximum atomic E-state index is 13.3. The molecule has 1 fully saturated rings. The molecule has 0 aliphatic carbocycles. The zero-order valence-electron chi connectivity index (χ0n) is 10.6. The molecule has 1 aromatic rings. The predicted octanol–water partition coefficient (Wildman–Crippen LogP) is 3.22. The standard InChI is InChI=1S/C14H21FN2/c1-3-12-5-4-8-17(12)14-7-6-11(15)9-13(14)10(2)16/h6-7,9-10,12H,3-5,8,16H2,1-2H3/t10-,12?/m1/s1. The Bertz CT molecular complexity index is 390. The van der Waals surface area contributed by atoms with Gasteiger partial charge in [-0.3, -0.25) is 0 Å². The van der Waals surface area contributed by atoms with E-state index in [1.54, 1.807) is 6.07 Å². The summed E-state index contributed by atoms with van der Waals surface area (Å²) in [5.74, 6) is -0.201. The second kappa shape index (κ2) is 5.05. The van der Waals surface area contributed by atoms with E-state index in [0.717, 1.165) is 24.2 Å². The molecule has 1 saturated heterocycles. The fourth-order valence-corrected chi connectivity index (χ4v) is 2.73. The summed E-state index contributed by atoms with van der Waals surface area (Å²) in [5.41, 5.74) is 7.98. The molecule has 2 nitrogen and oxygen atoms in total. The number of nitrogens with two attached hydrogens (primary N) is 1. The maximum absolute atomic E-state index is 13.3. The molecule has 0 radical (unpaired) electrons. The Balaban J connectivity index is 2.37. The van der Waals surface area contributed by atoms with Crippen LogP contribution in [0.15, 0.2) is 18.2 Å². The van der Waals surface area contributed by atoms with E-state index in [1.807, 2.05) is 13.0 Å². The normalized spacial score (nSPS) is 21.9. The van der Waals surface area contributed by atoms with Gasteiger partial charge >= 0.3 is 0 Å². The first-order chi connectivity index (χ1) is 8.13. The van der Waals surface area contributed by atoms with Crippen LogP contribution in [0.1, 0.15) is 44.7 Å². The third-order valence-electron chi connectivity index (χ3n) is 3.64. The molecule has 17 heavy (non-hydrogen) atoms. The smallest absolute Gasteiger partial charge is 0.123 e. The van der Waals surface area contributed by atoms with Gasteiger partial charge in [-0.1, -0.05) is 6.92 Å². The van der Waals surface area contributed by atoms with Gasteiger partial charge in [-0.25, -0.2) is 4.39 Å². The van der Waals surface area contributed by atoms with Gasteiger partial charge < -0.3 is 10.6 Å². The first-order valence-corrected chi connectivity index (χ1v) is 6.45. The Morgan fingerprint density at radius 3 is 2.94 bits per heavy atom. The van der Waals surface area contributed by atoms with E-state index < -0.39 is 0 Å². The minimum absolute atomic E-state index is 0.126. The fraction of sp³-hybridized carbons (Fsp3) is 0.571. The first-order valence-electron chi connectivity index (χ1n) is 6.45. The topological polar surface area (TPSA) is 29.3 Å². The minimum Gasteiger partial charge on any atom is -0.368 e. The van der Waals surface area contributed by atoms with Crippen molar-refractivity contribution in [1.82, 2.24) is 0 Å². The van der Waals surface area contributed by atoms with E-state index >= 15 is 0 Å². The first kappa shape index (κ1) is 12.4. The van der Waals surface area contributed by atoms with Gasteiger partial charge in [0.1, 0.15) is 5.82 Å². The highest BCUT2D eigenvalue weighted by atomic mass is 19.1. The Kier molecular flexibility index (Phi) is 3.67. The second-order valence-electron chi connectivity index (χ2n) is 4.89.